The smallest absolute Gasteiger partial charge is 0.322 e. The fourth-order valence-electron chi connectivity index (χ4n) is 1.64. The van der Waals surface area contributed by atoms with E-state index in [-0.39, 0.29) is 25.9 Å². The van der Waals surface area contributed by atoms with Crippen molar-refractivity contribution in [1.82, 2.24) is 4.90 Å². The van der Waals surface area contributed by atoms with E-state index in [0.29, 0.717) is 5.84 Å². The highest BCUT2D eigenvalue weighted by Crippen LogP contribution is 2.13. The van der Waals surface area contributed by atoms with Crippen LogP contribution in [0, 0.1) is 0 Å². The predicted molar refractivity (Wildman–Crippen MR) is 73.6 cm³/mol. The Hall–Kier alpha value is -2.33. The molecule has 114 valence electrons. The fourth-order valence-corrected chi connectivity index (χ4v) is 1.64. The summed E-state index contributed by atoms with van der Waals surface area (Å²) < 4.78 is 10.2. The van der Waals surface area contributed by atoms with Gasteiger partial charge in [-0.2, -0.15) is 9.98 Å². The van der Waals surface area contributed by atoms with Crippen LogP contribution < -0.4 is 11.5 Å². The lowest BCUT2D eigenvalue weighted by molar-refractivity contribution is -0.146. The highest BCUT2D eigenvalue weighted by atomic mass is 16.6. The Kier molecular flexibility index (Phi) is 4.60. The van der Waals surface area contributed by atoms with Gasteiger partial charge < -0.3 is 20.9 Å². The van der Waals surface area contributed by atoms with Crippen molar-refractivity contribution in [1.29, 1.82) is 0 Å². The number of amidine groups is 1. The zero-order chi connectivity index (χ0) is 15.4. The molecule has 0 spiro atoms. The Morgan fingerprint density at radius 2 is 2.24 bits per heavy atom. The number of aliphatic imine (C=N–C) groups is 3. The molecular weight excluding hydrogens is 280 g/mol. The SMILES string of the molecule is C[C@H](N)C(=O)OCCOCN1C=NC2C(=O)N=C(N)N=C21. The first-order valence-corrected chi connectivity index (χ1v) is 6.25. The lowest BCUT2D eigenvalue weighted by Crippen LogP contribution is -2.41. The molecule has 2 heterocycles. The first-order chi connectivity index (χ1) is 9.99. The average molecular weight is 296 g/mol. The first-order valence-electron chi connectivity index (χ1n) is 6.25. The molecule has 0 aromatic rings. The third-order valence-corrected chi connectivity index (χ3v) is 2.66. The van der Waals surface area contributed by atoms with Crippen LogP contribution in [0.2, 0.25) is 0 Å². The molecule has 2 rings (SSSR count). The van der Waals surface area contributed by atoms with E-state index in [4.69, 9.17) is 20.9 Å². The van der Waals surface area contributed by atoms with Gasteiger partial charge in [-0.15, -0.1) is 0 Å². The van der Waals surface area contributed by atoms with Crippen molar-refractivity contribution in [2.24, 2.45) is 26.4 Å². The highest BCUT2D eigenvalue weighted by molar-refractivity contribution is 6.21. The molecule has 2 atom stereocenters. The lowest BCUT2D eigenvalue weighted by Gasteiger charge is -2.19. The first kappa shape index (κ1) is 15.1. The average Bonchev–Trinajstić information content (AvgIpc) is 2.81. The molecule has 21 heavy (non-hydrogen) atoms. The van der Waals surface area contributed by atoms with Gasteiger partial charge in [0, 0.05) is 0 Å². The van der Waals surface area contributed by atoms with Crippen molar-refractivity contribution < 1.29 is 19.1 Å². The second-order valence-corrected chi connectivity index (χ2v) is 4.41. The molecule has 0 saturated heterocycles. The minimum Gasteiger partial charge on any atom is -0.462 e. The number of rotatable bonds is 6. The Balaban J connectivity index is 1.75. The molecule has 2 aliphatic rings. The fraction of sp³-hybridized carbons (Fsp3) is 0.545. The summed E-state index contributed by atoms with van der Waals surface area (Å²) in [7, 11) is 0. The van der Waals surface area contributed by atoms with Gasteiger partial charge in [-0.25, -0.2) is 0 Å². The maximum Gasteiger partial charge on any atom is 0.322 e. The molecule has 0 aromatic carbocycles. The van der Waals surface area contributed by atoms with E-state index in [1.807, 2.05) is 0 Å². The van der Waals surface area contributed by atoms with Crippen molar-refractivity contribution in [3.05, 3.63) is 0 Å². The second-order valence-electron chi connectivity index (χ2n) is 4.41. The number of nitrogens with two attached hydrogens (primary N) is 2. The number of fused-ring (bicyclic) bond motifs is 1. The molecule has 0 radical (unpaired) electrons. The number of hydrogen-bond donors (Lipinski definition) is 2. The Bertz CT molecular complexity index is 527. The topological polar surface area (TPSA) is 145 Å². The number of guanidine groups is 1. The minimum absolute atomic E-state index is 0.0871. The van der Waals surface area contributed by atoms with Gasteiger partial charge in [-0.1, -0.05) is 0 Å². The van der Waals surface area contributed by atoms with Crippen molar-refractivity contribution in [2.75, 3.05) is 19.9 Å². The van der Waals surface area contributed by atoms with Crippen molar-refractivity contribution in [3.8, 4) is 0 Å². The molecule has 2 aliphatic heterocycles. The standard InChI is InChI=1S/C11H16N6O4/c1-6(12)10(19)21-3-2-20-5-17-4-14-7-8(17)15-11(13)16-9(7)18/h4,6-7H,2-3,5,12H2,1H3,(H2,13,16,18)/t6-,7?/m0/s1. The molecule has 1 amide bonds. The van der Waals surface area contributed by atoms with Crippen molar-refractivity contribution >= 4 is 30.0 Å². The molecular formula is C11H16N6O4. The molecule has 10 heteroatoms. The molecule has 0 saturated carbocycles. The van der Waals surface area contributed by atoms with Crippen LogP contribution in [0.15, 0.2) is 15.0 Å². The van der Waals surface area contributed by atoms with E-state index in [2.05, 4.69) is 15.0 Å². The maximum atomic E-state index is 11.5. The molecule has 0 bridgehead atoms. The summed E-state index contributed by atoms with van der Waals surface area (Å²) in [4.78, 5) is 35.7. The van der Waals surface area contributed by atoms with Gasteiger partial charge in [0.15, 0.2) is 11.9 Å². The molecule has 0 aliphatic carbocycles. The van der Waals surface area contributed by atoms with Gasteiger partial charge in [0.1, 0.15) is 19.4 Å². The van der Waals surface area contributed by atoms with E-state index in [1.54, 1.807) is 0 Å². The Morgan fingerprint density at radius 3 is 2.95 bits per heavy atom. The molecule has 0 fully saturated rings. The summed E-state index contributed by atoms with van der Waals surface area (Å²) in [6.07, 6.45) is 1.43. The van der Waals surface area contributed by atoms with Crippen LogP contribution in [0.3, 0.4) is 0 Å². The third-order valence-electron chi connectivity index (χ3n) is 2.66. The molecule has 0 aromatic heterocycles. The highest BCUT2D eigenvalue weighted by Gasteiger charge is 2.35. The minimum atomic E-state index is -0.753. The normalized spacial score (nSPS) is 21.7. The van der Waals surface area contributed by atoms with Crippen molar-refractivity contribution in [3.63, 3.8) is 0 Å². The van der Waals surface area contributed by atoms with Crippen LogP contribution in [0.1, 0.15) is 6.92 Å². The van der Waals surface area contributed by atoms with Gasteiger partial charge in [-0.3, -0.25) is 19.5 Å². The second kappa shape index (κ2) is 6.41. The summed E-state index contributed by atoms with van der Waals surface area (Å²) in [5, 5.41) is 0. The number of carbonyl (C=O) groups is 2. The molecule has 1 unspecified atom stereocenters. The zero-order valence-corrected chi connectivity index (χ0v) is 11.4. The van der Waals surface area contributed by atoms with E-state index < -0.39 is 24.0 Å². The largest absolute Gasteiger partial charge is 0.462 e. The van der Waals surface area contributed by atoms with Crippen LogP contribution in [0.25, 0.3) is 0 Å². The summed E-state index contributed by atoms with van der Waals surface area (Å²) in [5.41, 5.74) is 10.8. The molecule has 10 nitrogen and oxygen atoms in total. The van der Waals surface area contributed by atoms with Gasteiger partial charge in [0.25, 0.3) is 5.91 Å². The number of nitrogens with zero attached hydrogens (tertiary/aromatic N) is 4. The van der Waals surface area contributed by atoms with Gasteiger partial charge in [0.2, 0.25) is 5.96 Å². The lowest BCUT2D eigenvalue weighted by atomic mass is 10.2. The summed E-state index contributed by atoms with van der Waals surface area (Å²) in [6, 6.07) is -1.42. The summed E-state index contributed by atoms with van der Waals surface area (Å²) in [5.74, 6) is -0.678. The predicted octanol–water partition coefficient (Wildman–Crippen LogP) is -2.18. The van der Waals surface area contributed by atoms with Crippen LogP contribution in [-0.4, -0.2) is 66.9 Å². The van der Waals surface area contributed by atoms with Crippen LogP contribution in [0.4, 0.5) is 0 Å². The quantitative estimate of drug-likeness (QED) is 0.418. The van der Waals surface area contributed by atoms with Gasteiger partial charge in [0.05, 0.1) is 12.9 Å². The number of carbonyl (C=O) groups excluding carboxylic acids is 2. The van der Waals surface area contributed by atoms with Crippen molar-refractivity contribution in [2.45, 2.75) is 19.0 Å². The number of hydrogen-bond acceptors (Lipinski definition) is 9. The summed E-state index contributed by atoms with van der Waals surface area (Å²) >= 11 is 0. The third kappa shape index (κ3) is 3.61. The van der Waals surface area contributed by atoms with Gasteiger partial charge in [-0.05, 0) is 6.92 Å². The number of ether oxygens (including phenoxy) is 2. The van der Waals surface area contributed by atoms with Gasteiger partial charge >= 0.3 is 5.97 Å². The Morgan fingerprint density at radius 1 is 1.48 bits per heavy atom. The van der Waals surface area contributed by atoms with E-state index in [9.17, 15) is 9.59 Å². The maximum absolute atomic E-state index is 11.5. The van der Waals surface area contributed by atoms with Crippen LogP contribution in [0.5, 0.6) is 0 Å². The summed E-state index contributed by atoms with van der Waals surface area (Å²) in [6.45, 7) is 1.91. The molecule has 4 N–H and O–H groups in total. The van der Waals surface area contributed by atoms with Crippen LogP contribution >= 0.6 is 0 Å². The number of amides is 1. The monoisotopic (exact) mass is 296 g/mol. The number of esters is 1. The Labute approximate surface area is 120 Å². The zero-order valence-electron chi connectivity index (χ0n) is 11.4. The van der Waals surface area contributed by atoms with E-state index in [1.165, 1.54) is 18.2 Å². The van der Waals surface area contributed by atoms with E-state index in [0.717, 1.165) is 0 Å². The van der Waals surface area contributed by atoms with Crippen LogP contribution in [-0.2, 0) is 19.1 Å². The van der Waals surface area contributed by atoms with E-state index >= 15 is 0 Å².